The van der Waals surface area contributed by atoms with Crippen molar-refractivity contribution >= 4 is 47.3 Å². The SMILES string of the molecule is CCNC(=NCCCCNc1ccccn1)NC1CC(=O)N(c2ccccc2)C1.I. The summed E-state index contributed by atoms with van der Waals surface area (Å²) in [6, 6.07) is 15.7. The number of guanidine groups is 1. The number of carbonyl (C=O) groups excluding carboxylic acids is 1. The fourth-order valence-electron chi connectivity index (χ4n) is 3.29. The van der Waals surface area contributed by atoms with Gasteiger partial charge >= 0.3 is 0 Å². The first kappa shape index (κ1) is 23.9. The Labute approximate surface area is 195 Å². The van der Waals surface area contributed by atoms with Crippen LogP contribution in [-0.4, -0.2) is 49.1 Å². The summed E-state index contributed by atoms with van der Waals surface area (Å²) in [5, 5.41) is 10.0. The van der Waals surface area contributed by atoms with Gasteiger partial charge in [-0.1, -0.05) is 24.3 Å². The number of halogens is 1. The lowest BCUT2D eigenvalue weighted by Gasteiger charge is -2.19. The average Bonchev–Trinajstić information content (AvgIpc) is 3.12. The van der Waals surface area contributed by atoms with Gasteiger partial charge < -0.3 is 20.9 Å². The zero-order valence-corrected chi connectivity index (χ0v) is 19.7. The van der Waals surface area contributed by atoms with Crippen molar-refractivity contribution in [1.29, 1.82) is 0 Å². The van der Waals surface area contributed by atoms with E-state index in [1.165, 1.54) is 0 Å². The molecule has 2 aromatic rings. The molecular formula is C22H31IN6O. The molecule has 0 spiro atoms. The third-order valence-corrected chi connectivity index (χ3v) is 4.70. The van der Waals surface area contributed by atoms with Crippen molar-refractivity contribution in [3.63, 3.8) is 0 Å². The van der Waals surface area contributed by atoms with Gasteiger partial charge in [-0.3, -0.25) is 9.79 Å². The zero-order valence-electron chi connectivity index (χ0n) is 17.4. The van der Waals surface area contributed by atoms with E-state index in [-0.39, 0.29) is 35.9 Å². The molecule has 1 aromatic heterocycles. The molecule has 1 saturated heterocycles. The molecule has 3 rings (SSSR count). The summed E-state index contributed by atoms with van der Waals surface area (Å²) >= 11 is 0. The molecule has 0 radical (unpaired) electrons. The molecule has 30 heavy (non-hydrogen) atoms. The Balaban J connectivity index is 0.00000320. The Bertz CT molecular complexity index is 787. The molecule has 3 N–H and O–H groups in total. The summed E-state index contributed by atoms with van der Waals surface area (Å²) in [6.07, 6.45) is 4.26. The number of hydrogen-bond donors (Lipinski definition) is 3. The smallest absolute Gasteiger partial charge is 0.229 e. The van der Waals surface area contributed by atoms with Gasteiger partial charge in [-0.05, 0) is 44.0 Å². The van der Waals surface area contributed by atoms with Gasteiger partial charge in [-0.25, -0.2) is 4.98 Å². The number of benzene rings is 1. The average molecular weight is 522 g/mol. The van der Waals surface area contributed by atoms with Crippen LogP contribution >= 0.6 is 24.0 Å². The van der Waals surface area contributed by atoms with Crippen LogP contribution in [0.3, 0.4) is 0 Å². The zero-order chi connectivity index (χ0) is 20.3. The first-order chi connectivity index (χ1) is 14.3. The van der Waals surface area contributed by atoms with Gasteiger partial charge in [0.2, 0.25) is 5.91 Å². The van der Waals surface area contributed by atoms with Crippen LogP contribution in [0.15, 0.2) is 59.7 Å². The fourth-order valence-corrected chi connectivity index (χ4v) is 3.29. The third kappa shape index (κ3) is 7.47. The Morgan fingerprint density at radius 3 is 2.70 bits per heavy atom. The summed E-state index contributed by atoms with van der Waals surface area (Å²) in [7, 11) is 0. The molecule has 0 bridgehead atoms. The molecule has 1 aliphatic rings. The lowest BCUT2D eigenvalue weighted by atomic mass is 10.2. The second kappa shape index (κ2) is 13.0. The summed E-state index contributed by atoms with van der Waals surface area (Å²) in [6.45, 7) is 5.10. The number of anilines is 2. The second-order valence-corrected chi connectivity index (χ2v) is 6.99. The number of aliphatic imine (C=N–C) groups is 1. The van der Waals surface area contributed by atoms with Crippen molar-refractivity contribution in [1.82, 2.24) is 15.6 Å². The maximum atomic E-state index is 12.4. The topological polar surface area (TPSA) is 81.6 Å². The number of nitrogens with one attached hydrogen (secondary N) is 3. The third-order valence-electron chi connectivity index (χ3n) is 4.70. The molecule has 1 unspecified atom stereocenters. The van der Waals surface area contributed by atoms with Crippen molar-refractivity contribution in [3.8, 4) is 0 Å². The number of rotatable bonds is 9. The van der Waals surface area contributed by atoms with E-state index in [9.17, 15) is 4.79 Å². The summed E-state index contributed by atoms with van der Waals surface area (Å²) in [4.78, 5) is 23.1. The van der Waals surface area contributed by atoms with Crippen LogP contribution in [0.1, 0.15) is 26.2 Å². The Morgan fingerprint density at radius 1 is 1.17 bits per heavy atom. The molecule has 1 fully saturated rings. The number of nitrogens with zero attached hydrogens (tertiary/aromatic N) is 3. The molecule has 1 atom stereocenters. The van der Waals surface area contributed by atoms with Gasteiger partial charge in [0.05, 0.1) is 6.04 Å². The highest BCUT2D eigenvalue weighted by atomic mass is 127. The molecule has 162 valence electrons. The predicted molar refractivity (Wildman–Crippen MR) is 134 cm³/mol. The van der Waals surface area contributed by atoms with Crippen LogP contribution in [0.2, 0.25) is 0 Å². The van der Waals surface area contributed by atoms with Gasteiger partial charge in [0.25, 0.3) is 0 Å². The number of unbranched alkanes of at least 4 members (excludes halogenated alkanes) is 1. The van der Waals surface area contributed by atoms with Crippen LogP contribution in [-0.2, 0) is 4.79 Å². The largest absolute Gasteiger partial charge is 0.370 e. The lowest BCUT2D eigenvalue weighted by Crippen LogP contribution is -2.44. The summed E-state index contributed by atoms with van der Waals surface area (Å²) in [5.74, 6) is 1.82. The number of pyridine rings is 1. The van der Waals surface area contributed by atoms with Crippen molar-refractivity contribution in [2.24, 2.45) is 4.99 Å². The lowest BCUT2D eigenvalue weighted by molar-refractivity contribution is -0.117. The van der Waals surface area contributed by atoms with E-state index in [0.29, 0.717) is 13.0 Å². The Kier molecular flexibility index (Phi) is 10.4. The highest BCUT2D eigenvalue weighted by molar-refractivity contribution is 14.0. The quantitative estimate of drug-likeness (QED) is 0.204. The Morgan fingerprint density at radius 2 is 1.97 bits per heavy atom. The van der Waals surface area contributed by atoms with Crippen LogP contribution < -0.4 is 20.9 Å². The van der Waals surface area contributed by atoms with E-state index in [0.717, 1.165) is 49.9 Å². The van der Waals surface area contributed by atoms with E-state index < -0.39 is 0 Å². The monoisotopic (exact) mass is 522 g/mol. The minimum atomic E-state index is 0. The maximum absolute atomic E-state index is 12.4. The van der Waals surface area contributed by atoms with Crippen LogP contribution in [0, 0.1) is 0 Å². The molecule has 8 heteroatoms. The minimum Gasteiger partial charge on any atom is -0.370 e. The van der Waals surface area contributed by atoms with Crippen molar-refractivity contribution in [2.45, 2.75) is 32.2 Å². The van der Waals surface area contributed by atoms with Crippen molar-refractivity contribution in [3.05, 3.63) is 54.7 Å². The molecule has 7 nitrogen and oxygen atoms in total. The van der Waals surface area contributed by atoms with Gasteiger partial charge in [-0.2, -0.15) is 0 Å². The number of hydrogen-bond acceptors (Lipinski definition) is 4. The molecule has 1 aliphatic heterocycles. The van der Waals surface area contributed by atoms with Crippen LogP contribution in [0.4, 0.5) is 11.5 Å². The molecule has 2 heterocycles. The standard InChI is InChI=1S/C22H30N6O.HI/c1-2-23-22(26-15-9-8-14-25-20-12-6-7-13-24-20)27-18-16-21(29)28(17-18)19-10-4-3-5-11-19;/h3-7,10-13,18H,2,8-9,14-17H2,1H3,(H,24,25)(H2,23,26,27);1H. The van der Waals surface area contributed by atoms with E-state index in [1.807, 2.05) is 60.4 Å². The summed E-state index contributed by atoms with van der Waals surface area (Å²) in [5.41, 5.74) is 0.948. The van der Waals surface area contributed by atoms with E-state index >= 15 is 0 Å². The number of aromatic nitrogens is 1. The van der Waals surface area contributed by atoms with Gasteiger partial charge in [-0.15, -0.1) is 24.0 Å². The van der Waals surface area contributed by atoms with Crippen LogP contribution in [0.25, 0.3) is 0 Å². The molecule has 0 saturated carbocycles. The number of amides is 1. The molecule has 1 aromatic carbocycles. The molecule has 1 amide bonds. The molecular weight excluding hydrogens is 491 g/mol. The van der Waals surface area contributed by atoms with Gasteiger partial charge in [0.1, 0.15) is 5.82 Å². The first-order valence-corrected chi connectivity index (χ1v) is 10.3. The van der Waals surface area contributed by atoms with E-state index in [4.69, 9.17) is 0 Å². The Hall–Kier alpha value is -2.36. The highest BCUT2D eigenvalue weighted by Crippen LogP contribution is 2.20. The van der Waals surface area contributed by atoms with Crippen molar-refractivity contribution < 1.29 is 4.79 Å². The predicted octanol–water partition coefficient (Wildman–Crippen LogP) is 3.25. The van der Waals surface area contributed by atoms with Crippen LogP contribution in [0.5, 0.6) is 0 Å². The minimum absolute atomic E-state index is 0. The summed E-state index contributed by atoms with van der Waals surface area (Å²) < 4.78 is 0. The maximum Gasteiger partial charge on any atom is 0.229 e. The van der Waals surface area contributed by atoms with Crippen molar-refractivity contribution in [2.75, 3.05) is 36.4 Å². The fraction of sp³-hybridized carbons (Fsp3) is 0.409. The normalized spacial score (nSPS) is 16.2. The number of para-hydroxylation sites is 1. The second-order valence-electron chi connectivity index (χ2n) is 6.99. The number of carbonyl (C=O) groups is 1. The van der Waals surface area contributed by atoms with Gasteiger partial charge in [0.15, 0.2) is 5.96 Å². The van der Waals surface area contributed by atoms with Gasteiger partial charge in [0, 0.05) is 44.5 Å². The highest BCUT2D eigenvalue weighted by Gasteiger charge is 2.30. The molecule has 0 aliphatic carbocycles. The van der Waals surface area contributed by atoms with E-state index in [1.54, 1.807) is 6.20 Å². The van der Waals surface area contributed by atoms with E-state index in [2.05, 4.69) is 25.9 Å². The first-order valence-electron chi connectivity index (χ1n) is 10.3.